The Hall–Kier alpha value is -3.34. The van der Waals surface area contributed by atoms with Gasteiger partial charge in [-0.15, -0.1) is 0 Å². The molecule has 1 heterocycles. The number of furan rings is 1. The van der Waals surface area contributed by atoms with Gasteiger partial charge in [-0.25, -0.2) is 0 Å². The molecule has 0 radical (unpaired) electrons. The van der Waals surface area contributed by atoms with E-state index in [1.54, 1.807) is 16.1 Å². The molecule has 0 saturated heterocycles. The first kappa shape index (κ1) is 24.3. The van der Waals surface area contributed by atoms with Crippen LogP contribution in [0, 0.1) is 0 Å². The first-order valence-electron chi connectivity index (χ1n) is 11.5. The SMILES string of the molecule is CCc1ccc(C(=O)N(CC(=O)N(CCc2ccccc2)Cc2ccco2)C(C)(C)C)cc1. The van der Waals surface area contributed by atoms with E-state index in [-0.39, 0.29) is 18.4 Å². The van der Waals surface area contributed by atoms with Crippen LogP contribution < -0.4 is 0 Å². The fourth-order valence-electron chi connectivity index (χ4n) is 3.68. The Bertz CT molecular complexity index is 1020. The number of carbonyl (C=O) groups excluding carboxylic acids is 2. The molecule has 0 unspecified atom stereocenters. The summed E-state index contributed by atoms with van der Waals surface area (Å²) in [5.74, 6) is 0.482. The fraction of sp³-hybridized carbons (Fsp3) is 0.357. The third-order valence-corrected chi connectivity index (χ3v) is 5.75. The normalized spacial score (nSPS) is 11.3. The average molecular weight is 447 g/mol. The molecular weight excluding hydrogens is 412 g/mol. The Kier molecular flexibility index (Phi) is 8.10. The molecule has 174 valence electrons. The summed E-state index contributed by atoms with van der Waals surface area (Å²) in [5.41, 5.74) is 2.42. The van der Waals surface area contributed by atoms with Crippen LogP contribution in [0.2, 0.25) is 0 Å². The number of rotatable bonds is 9. The van der Waals surface area contributed by atoms with Crippen LogP contribution in [0.4, 0.5) is 0 Å². The summed E-state index contributed by atoms with van der Waals surface area (Å²) in [6, 6.07) is 21.4. The summed E-state index contributed by atoms with van der Waals surface area (Å²) >= 11 is 0. The molecule has 0 atom stereocenters. The summed E-state index contributed by atoms with van der Waals surface area (Å²) < 4.78 is 5.50. The zero-order chi connectivity index (χ0) is 23.8. The van der Waals surface area contributed by atoms with Gasteiger partial charge in [0.05, 0.1) is 12.8 Å². The van der Waals surface area contributed by atoms with Crippen molar-refractivity contribution in [1.82, 2.24) is 9.80 Å². The second kappa shape index (κ2) is 11.0. The minimum absolute atomic E-state index is 0.00730. The van der Waals surface area contributed by atoms with Crippen molar-refractivity contribution in [2.24, 2.45) is 0 Å². The molecule has 0 N–H and O–H groups in total. The van der Waals surface area contributed by atoms with E-state index in [9.17, 15) is 9.59 Å². The molecule has 0 spiro atoms. The van der Waals surface area contributed by atoms with Crippen molar-refractivity contribution in [1.29, 1.82) is 0 Å². The third kappa shape index (κ3) is 6.82. The van der Waals surface area contributed by atoms with Crippen molar-refractivity contribution >= 4 is 11.8 Å². The van der Waals surface area contributed by atoms with Crippen LogP contribution in [0.1, 0.15) is 54.9 Å². The first-order valence-corrected chi connectivity index (χ1v) is 11.5. The van der Waals surface area contributed by atoms with E-state index >= 15 is 0 Å². The van der Waals surface area contributed by atoms with Crippen molar-refractivity contribution in [2.45, 2.75) is 52.6 Å². The minimum Gasteiger partial charge on any atom is -0.467 e. The van der Waals surface area contributed by atoms with E-state index in [2.05, 4.69) is 19.1 Å². The van der Waals surface area contributed by atoms with Gasteiger partial charge < -0.3 is 14.2 Å². The second-order valence-corrected chi connectivity index (χ2v) is 9.24. The zero-order valence-electron chi connectivity index (χ0n) is 20.1. The number of nitrogens with zero attached hydrogens (tertiary/aromatic N) is 2. The van der Waals surface area contributed by atoms with Crippen molar-refractivity contribution in [3.05, 3.63) is 95.4 Å². The molecule has 2 aromatic carbocycles. The van der Waals surface area contributed by atoms with Crippen LogP contribution in [0.15, 0.2) is 77.4 Å². The second-order valence-electron chi connectivity index (χ2n) is 9.24. The van der Waals surface area contributed by atoms with E-state index in [1.807, 2.05) is 75.4 Å². The molecule has 33 heavy (non-hydrogen) atoms. The Balaban J connectivity index is 1.78. The number of hydrogen-bond donors (Lipinski definition) is 0. The molecular formula is C28H34N2O3. The molecule has 1 aromatic heterocycles. The summed E-state index contributed by atoms with van der Waals surface area (Å²) in [6.07, 6.45) is 3.26. The monoisotopic (exact) mass is 446 g/mol. The highest BCUT2D eigenvalue weighted by Crippen LogP contribution is 2.19. The standard InChI is InChI=1S/C28H34N2O3/c1-5-22-13-15-24(16-14-22)27(32)30(28(2,3)4)21-26(31)29(20-25-12-9-19-33-25)18-17-23-10-7-6-8-11-23/h6-16,19H,5,17-18,20-21H2,1-4H3. The van der Waals surface area contributed by atoms with Gasteiger partial charge in [0.15, 0.2) is 0 Å². The van der Waals surface area contributed by atoms with Crippen molar-refractivity contribution in [3.8, 4) is 0 Å². The maximum atomic E-state index is 13.5. The van der Waals surface area contributed by atoms with Crippen molar-refractivity contribution in [3.63, 3.8) is 0 Å². The van der Waals surface area contributed by atoms with Gasteiger partial charge in [-0.1, -0.05) is 49.4 Å². The van der Waals surface area contributed by atoms with E-state index in [0.29, 0.717) is 18.7 Å². The largest absolute Gasteiger partial charge is 0.467 e. The molecule has 3 rings (SSSR count). The predicted octanol–water partition coefficient (Wildman–Crippen LogP) is 5.35. The molecule has 5 nitrogen and oxygen atoms in total. The molecule has 0 fully saturated rings. The number of benzene rings is 2. The fourth-order valence-corrected chi connectivity index (χ4v) is 3.68. The first-order chi connectivity index (χ1) is 15.8. The summed E-state index contributed by atoms with van der Waals surface area (Å²) in [7, 11) is 0. The molecule has 2 amide bonds. The molecule has 0 saturated carbocycles. The lowest BCUT2D eigenvalue weighted by atomic mass is 10.0. The summed E-state index contributed by atoms with van der Waals surface area (Å²) in [5, 5.41) is 0. The van der Waals surface area contributed by atoms with E-state index < -0.39 is 5.54 Å². The van der Waals surface area contributed by atoms with Gasteiger partial charge in [0.2, 0.25) is 5.91 Å². The van der Waals surface area contributed by atoms with Crippen LogP contribution >= 0.6 is 0 Å². The maximum Gasteiger partial charge on any atom is 0.254 e. The molecule has 0 aliphatic carbocycles. The van der Waals surface area contributed by atoms with Gasteiger partial charge in [-0.05, 0) is 69.0 Å². The molecule has 3 aromatic rings. The highest BCUT2D eigenvalue weighted by molar-refractivity contribution is 5.97. The zero-order valence-corrected chi connectivity index (χ0v) is 20.1. The summed E-state index contributed by atoms with van der Waals surface area (Å²) in [4.78, 5) is 30.3. The highest BCUT2D eigenvalue weighted by atomic mass is 16.3. The van der Waals surface area contributed by atoms with E-state index in [0.717, 1.165) is 24.2 Å². The number of carbonyl (C=O) groups is 2. The van der Waals surface area contributed by atoms with E-state index in [4.69, 9.17) is 4.42 Å². The Labute approximate surface area is 197 Å². The topological polar surface area (TPSA) is 53.8 Å². The number of aryl methyl sites for hydroxylation is 1. The number of amides is 2. The van der Waals surface area contributed by atoms with Crippen molar-refractivity contribution < 1.29 is 14.0 Å². The minimum atomic E-state index is -0.508. The van der Waals surface area contributed by atoms with Gasteiger partial charge in [-0.2, -0.15) is 0 Å². The smallest absolute Gasteiger partial charge is 0.254 e. The molecule has 0 aliphatic heterocycles. The van der Waals surface area contributed by atoms with Crippen LogP contribution in [-0.4, -0.2) is 40.2 Å². The average Bonchev–Trinajstić information content (AvgIpc) is 3.33. The van der Waals surface area contributed by atoms with Crippen LogP contribution in [0.25, 0.3) is 0 Å². The van der Waals surface area contributed by atoms with Gasteiger partial charge >= 0.3 is 0 Å². The lowest BCUT2D eigenvalue weighted by molar-refractivity contribution is -0.133. The molecule has 5 heteroatoms. The van der Waals surface area contributed by atoms with E-state index in [1.165, 1.54) is 5.56 Å². The lowest BCUT2D eigenvalue weighted by Crippen LogP contribution is -2.51. The maximum absolute atomic E-state index is 13.5. The third-order valence-electron chi connectivity index (χ3n) is 5.75. The van der Waals surface area contributed by atoms with Crippen LogP contribution in [-0.2, 0) is 24.2 Å². The van der Waals surface area contributed by atoms with Gasteiger partial charge in [-0.3, -0.25) is 9.59 Å². The van der Waals surface area contributed by atoms with Gasteiger partial charge in [0, 0.05) is 17.6 Å². The highest BCUT2D eigenvalue weighted by Gasteiger charge is 2.31. The quantitative estimate of drug-likeness (QED) is 0.445. The van der Waals surface area contributed by atoms with Crippen LogP contribution in [0.3, 0.4) is 0 Å². The van der Waals surface area contributed by atoms with Gasteiger partial charge in [0.1, 0.15) is 12.3 Å². The molecule has 0 aliphatic rings. The molecule has 0 bridgehead atoms. The Morgan fingerprint density at radius 3 is 2.15 bits per heavy atom. The van der Waals surface area contributed by atoms with Gasteiger partial charge in [0.25, 0.3) is 5.91 Å². The van der Waals surface area contributed by atoms with Crippen molar-refractivity contribution in [2.75, 3.05) is 13.1 Å². The Morgan fingerprint density at radius 2 is 1.58 bits per heavy atom. The van der Waals surface area contributed by atoms with Crippen LogP contribution in [0.5, 0.6) is 0 Å². The number of hydrogen-bond acceptors (Lipinski definition) is 3. The lowest BCUT2D eigenvalue weighted by Gasteiger charge is -2.37. The summed E-state index contributed by atoms with van der Waals surface area (Å²) in [6.45, 7) is 8.88. The predicted molar refractivity (Wildman–Crippen MR) is 131 cm³/mol. The Morgan fingerprint density at radius 1 is 0.879 bits per heavy atom.